The number of hydrogen-bond donors (Lipinski definition) is 1. The molecule has 1 aliphatic rings. The zero-order chi connectivity index (χ0) is 12.1. The monoisotopic (exact) mass is 229 g/mol. The second-order valence-corrected chi connectivity index (χ2v) is 3.71. The Hall–Kier alpha value is -2.41. The van der Waals surface area contributed by atoms with Crippen molar-refractivity contribution in [1.29, 1.82) is 10.5 Å². The van der Waals surface area contributed by atoms with E-state index < -0.39 is 0 Å². The van der Waals surface area contributed by atoms with Crippen molar-refractivity contribution in [1.82, 2.24) is 15.0 Å². The largest absolute Gasteiger partial charge is 0.312 e. The van der Waals surface area contributed by atoms with E-state index in [-0.39, 0.29) is 17.3 Å². The predicted octanol–water partition coefficient (Wildman–Crippen LogP) is 1.64. The highest BCUT2D eigenvalue weighted by molar-refractivity contribution is 5.40. The number of hydrogen-bond acceptors (Lipinski definition) is 5. The lowest BCUT2D eigenvalue weighted by Gasteiger charge is -2.21. The SMILES string of the molecule is N#Cc1nc(N=NN2CCCCC2)[nH]c1C#N. The van der Waals surface area contributed by atoms with Crippen LogP contribution in [0.5, 0.6) is 0 Å². The Labute approximate surface area is 98.4 Å². The number of aromatic amines is 1. The second kappa shape index (κ2) is 5.08. The number of nitriles is 2. The molecular formula is C10H11N7. The highest BCUT2D eigenvalue weighted by Gasteiger charge is 2.10. The van der Waals surface area contributed by atoms with E-state index in [1.807, 2.05) is 17.1 Å². The fourth-order valence-electron chi connectivity index (χ4n) is 1.64. The van der Waals surface area contributed by atoms with Gasteiger partial charge in [-0.15, -0.1) is 0 Å². The Morgan fingerprint density at radius 3 is 2.53 bits per heavy atom. The van der Waals surface area contributed by atoms with Gasteiger partial charge in [-0.25, -0.2) is 0 Å². The van der Waals surface area contributed by atoms with Gasteiger partial charge in [0.25, 0.3) is 5.95 Å². The Kier molecular flexibility index (Phi) is 3.31. The van der Waals surface area contributed by atoms with Crippen molar-refractivity contribution < 1.29 is 0 Å². The summed E-state index contributed by atoms with van der Waals surface area (Å²) in [5.41, 5.74) is 0.181. The molecule has 0 saturated carbocycles. The van der Waals surface area contributed by atoms with E-state index in [4.69, 9.17) is 10.5 Å². The van der Waals surface area contributed by atoms with Gasteiger partial charge in [0, 0.05) is 13.1 Å². The van der Waals surface area contributed by atoms with Crippen molar-refractivity contribution >= 4 is 5.95 Å². The summed E-state index contributed by atoms with van der Waals surface area (Å²) in [6.45, 7) is 1.78. The van der Waals surface area contributed by atoms with E-state index in [0.717, 1.165) is 25.9 Å². The third-order valence-corrected chi connectivity index (χ3v) is 2.51. The summed E-state index contributed by atoms with van der Waals surface area (Å²) in [6, 6.07) is 3.67. The molecule has 86 valence electrons. The maximum Gasteiger partial charge on any atom is 0.250 e. The molecular weight excluding hydrogens is 218 g/mol. The summed E-state index contributed by atoms with van der Waals surface area (Å²) in [5.74, 6) is 0.198. The standard InChI is InChI=1S/C10H11N7/c11-6-8-9(7-12)14-10(13-8)15-16-17-4-2-1-3-5-17/h1-5H2,(H,13,14). The highest BCUT2D eigenvalue weighted by atomic mass is 15.5. The van der Waals surface area contributed by atoms with Crippen LogP contribution >= 0.6 is 0 Å². The number of aromatic nitrogens is 2. The summed E-state index contributed by atoms with van der Waals surface area (Å²) in [5, 5.41) is 27.2. The van der Waals surface area contributed by atoms with Crippen LogP contribution < -0.4 is 0 Å². The van der Waals surface area contributed by atoms with Crippen molar-refractivity contribution in [3.8, 4) is 12.1 Å². The summed E-state index contributed by atoms with van der Waals surface area (Å²) in [4.78, 5) is 6.50. The lowest BCUT2D eigenvalue weighted by atomic mass is 10.2. The first-order chi connectivity index (χ1) is 8.33. The minimum atomic E-state index is 0.0556. The number of nitrogens with zero attached hydrogens (tertiary/aromatic N) is 6. The smallest absolute Gasteiger partial charge is 0.250 e. The molecule has 0 spiro atoms. The lowest BCUT2D eigenvalue weighted by molar-refractivity contribution is 0.224. The summed E-state index contributed by atoms with van der Waals surface area (Å²) in [7, 11) is 0. The van der Waals surface area contributed by atoms with Crippen LogP contribution in [-0.2, 0) is 0 Å². The van der Waals surface area contributed by atoms with E-state index in [0.29, 0.717) is 0 Å². The van der Waals surface area contributed by atoms with Crippen LogP contribution in [-0.4, -0.2) is 28.1 Å². The minimum absolute atomic E-state index is 0.0556. The van der Waals surface area contributed by atoms with Gasteiger partial charge in [0.15, 0.2) is 11.4 Å². The summed E-state index contributed by atoms with van der Waals surface area (Å²) >= 11 is 0. The average Bonchev–Trinajstić information content (AvgIpc) is 2.80. The molecule has 1 fully saturated rings. The third-order valence-electron chi connectivity index (χ3n) is 2.51. The van der Waals surface area contributed by atoms with Crippen molar-refractivity contribution in [2.24, 2.45) is 10.3 Å². The number of piperidine rings is 1. The number of imidazole rings is 1. The molecule has 0 unspecified atom stereocenters. The highest BCUT2D eigenvalue weighted by Crippen LogP contribution is 2.14. The van der Waals surface area contributed by atoms with Gasteiger partial charge < -0.3 is 4.98 Å². The van der Waals surface area contributed by atoms with Crippen molar-refractivity contribution in [2.75, 3.05) is 13.1 Å². The van der Waals surface area contributed by atoms with E-state index >= 15 is 0 Å². The Balaban J connectivity index is 2.08. The number of rotatable bonds is 2. The van der Waals surface area contributed by atoms with Gasteiger partial charge in [0.05, 0.1) is 0 Å². The van der Waals surface area contributed by atoms with Gasteiger partial charge in [-0.05, 0) is 19.3 Å². The van der Waals surface area contributed by atoms with Crippen LogP contribution in [0.2, 0.25) is 0 Å². The van der Waals surface area contributed by atoms with Gasteiger partial charge in [0.1, 0.15) is 12.1 Å². The number of nitrogens with one attached hydrogen (secondary N) is 1. The van der Waals surface area contributed by atoms with E-state index in [2.05, 4.69) is 20.3 Å². The Bertz CT molecular complexity index is 464. The molecule has 1 aromatic rings. The fourth-order valence-corrected chi connectivity index (χ4v) is 1.64. The normalized spacial score (nSPS) is 15.8. The molecule has 2 heterocycles. The molecule has 0 aromatic carbocycles. The molecule has 0 bridgehead atoms. The summed E-state index contributed by atoms with van der Waals surface area (Å²) < 4.78 is 0. The quantitative estimate of drug-likeness (QED) is 0.778. The zero-order valence-electron chi connectivity index (χ0n) is 9.22. The molecule has 2 rings (SSSR count). The fraction of sp³-hybridized carbons (Fsp3) is 0.500. The van der Waals surface area contributed by atoms with Gasteiger partial charge in [-0.2, -0.15) is 15.5 Å². The number of H-pyrrole nitrogens is 1. The van der Waals surface area contributed by atoms with Crippen LogP contribution in [0.25, 0.3) is 0 Å². The first kappa shape index (κ1) is 11.1. The van der Waals surface area contributed by atoms with Crippen molar-refractivity contribution in [3.05, 3.63) is 11.4 Å². The van der Waals surface area contributed by atoms with Gasteiger partial charge in [-0.1, -0.05) is 10.3 Å². The first-order valence-corrected chi connectivity index (χ1v) is 5.40. The summed E-state index contributed by atoms with van der Waals surface area (Å²) in [6.07, 6.45) is 3.46. The van der Waals surface area contributed by atoms with Gasteiger partial charge >= 0.3 is 0 Å². The van der Waals surface area contributed by atoms with Crippen LogP contribution in [0.3, 0.4) is 0 Å². The molecule has 1 aromatic heterocycles. The second-order valence-electron chi connectivity index (χ2n) is 3.71. The van der Waals surface area contributed by atoms with Crippen LogP contribution in [0.4, 0.5) is 5.95 Å². The molecule has 1 aliphatic heterocycles. The maximum atomic E-state index is 8.72. The Morgan fingerprint density at radius 2 is 1.94 bits per heavy atom. The van der Waals surface area contributed by atoms with E-state index in [1.165, 1.54) is 6.42 Å². The first-order valence-electron chi connectivity index (χ1n) is 5.40. The molecule has 1 N–H and O–H groups in total. The molecule has 1 saturated heterocycles. The van der Waals surface area contributed by atoms with Crippen LogP contribution in [0.1, 0.15) is 30.7 Å². The topological polar surface area (TPSA) is 104 Å². The van der Waals surface area contributed by atoms with Crippen molar-refractivity contribution in [2.45, 2.75) is 19.3 Å². The molecule has 7 nitrogen and oxygen atoms in total. The van der Waals surface area contributed by atoms with Gasteiger partial charge in [-0.3, -0.25) is 5.01 Å². The predicted molar refractivity (Wildman–Crippen MR) is 58.0 cm³/mol. The molecule has 17 heavy (non-hydrogen) atoms. The van der Waals surface area contributed by atoms with Gasteiger partial charge in [0.2, 0.25) is 0 Å². The van der Waals surface area contributed by atoms with Crippen molar-refractivity contribution in [3.63, 3.8) is 0 Å². The molecule has 7 heteroatoms. The van der Waals surface area contributed by atoms with Crippen LogP contribution in [0, 0.1) is 22.7 Å². The van der Waals surface area contributed by atoms with E-state index in [1.54, 1.807) is 0 Å². The lowest BCUT2D eigenvalue weighted by Crippen LogP contribution is -2.23. The van der Waals surface area contributed by atoms with E-state index in [9.17, 15) is 0 Å². The minimum Gasteiger partial charge on any atom is -0.312 e. The Morgan fingerprint density at radius 1 is 1.18 bits per heavy atom. The molecule has 0 aliphatic carbocycles. The molecule has 0 amide bonds. The molecule has 0 radical (unpaired) electrons. The third kappa shape index (κ3) is 2.58. The average molecular weight is 229 g/mol. The zero-order valence-corrected chi connectivity index (χ0v) is 9.22. The molecule has 0 atom stereocenters. The maximum absolute atomic E-state index is 8.72. The van der Waals surface area contributed by atoms with Crippen LogP contribution in [0.15, 0.2) is 10.3 Å².